The number of carbonyl (C=O) groups is 1. The highest BCUT2D eigenvalue weighted by Gasteiger charge is 2.59. The van der Waals surface area contributed by atoms with Gasteiger partial charge >= 0.3 is 11.4 Å². The third kappa shape index (κ3) is 7.33. The van der Waals surface area contributed by atoms with Gasteiger partial charge in [0.1, 0.15) is 30.0 Å². The lowest BCUT2D eigenvalue weighted by atomic mass is 9.91. The number of benzene rings is 3. The van der Waals surface area contributed by atoms with Gasteiger partial charge in [0, 0.05) is 84.4 Å². The van der Waals surface area contributed by atoms with E-state index in [0.717, 1.165) is 34.7 Å². The number of aromatic amines is 1. The van der Waals surface area contributed by atoms with Crippen LogP contribution in [-0.2, 0) is 21.3 Å². The normalized spacial score (nSPS) is 19.8. The van der Waals surface area contributed by atoms with Gasteiger partial charge < -0.3 is 24.1 Å². The van der Waals surface area contributed by atoms with Gasteiger partial charge in [0.15, 0.2) is 5.82 Å². The number of amides is 1. The highest BCUT2D eigenvalue weighted by Crippen LogP contribution is 2.56. The molecule has 1 saturated heterocycles. The Morgan fingerprint density at radius 1 is 0.971 bits per heavy atom. The zero-order valence-electron chi connectivity index (χ0n) is 39.9. The molecular formula is C51H59FN9O6P. The van der Waals surface area contributed by atoms with Crippen LogP contribution in [-0.4, -0.2) is 82.6 Å². The Hall–Kier alpha value is -6.25. The lowest BCUT2D eigenvalue weighted by molar-refractivity contribution is 0.0663. The van der Waals surface area contributed by atoms with Gasteiger partial charge in [-0.15, -0.1) is 0 Å². The lowest BCUT2D eigenvalue weighted by Gasteiger charge is -2.34. The molecule has 3 aromatic carbocycles. The molecule has 10 rings (SSSR count). The number of anilines is 1. The molecule has 0 spiro atoms. The first kappa shape index (κ1) is 45.5. The van der Waals surface area contributed by atoms with Crippen LogP contribution in [0.3, 0.4) is 0 Å². The van der Waals surface area contributed by atoms with Crippen LogP contribution in [0.15, 0.2) is 81.1 Å². The van der Waals surface area contributed by atoms with E-state index in [0.29, 0.717) is 102 Å². The number of ether oxygens (including phenoxy) is 1. The van der Waals surface area contributed by atoms with E-state index in [1.165, 1.54) is 5.56 Å². The van der Waals surface area contributed by atoms with E-state index >= 15 is 9.18 Å². The molecule has 0 radical (unpaired) electrons. The zero-order chi connectivity index (χ0) is 48.0. The first-order valence-corrected chi connectivity index (χ1v) is 26.0. The maximum absolute atomic E-state index is 15.6. The summed E-state index contributed by atoms with van der Waals surface area (Å²) in [6.07, 6.45) is 7.27. The third-order valence-electron chi connectivity index (χ3n) is 14.8. The van der Waals surface area contributed by atoms with E-state index in [-0.39, 0.29) is 29.4 Å². The molecule has 1 saturated carbocycles. The summed E-state index contributed by atoms with van der Waals surface area (Å²) in [6, 6.07) is 16.8. The van der Waals surface area contributed by atoms with Gasteiger partial charge in [0.05, 0.1) is 23.1 Å². The van der Waals surface area contributed by atoms with Gasteiger partial charge in [0.25, 0.3) is 5.91 Å². The molecule has 4 aromatic heterocycles. The minimum atomic E-state index is -2.69. The molecule has 1 amide bonds. The Kier molecular flexibility index (Phi) is 11.4. The van der Waals surface area contributed by atoms with Crippen molar-refractivity contribution in [2.24, 2.45) is 5.92 Å². The minimum Gasteiger partial charge on any atom is -0.382 e. The van der Waals surface area contributed by atoms with Gasteiger partial charge in [-0.05, 0) is 131 Å². The molecule has 17 heteroatoms. The highest BCUT2D eigenvalue weighted by molar-refractivity contribution is 7.71. The second-order valence-electron chi connectivity index (χ2n) is 19.3. The number of rotatable bonds is 12. The Labute approximate surface area is 393 Å². The fraction of sp³-hybridized carbons (Fsp3) is 0.431. The molecular weight excluding hydrogens is 885 g/mol. The average molecular weight is 944 g/mol. The smallest absolute Gasteiger partial charge is 0.382 e. The molecule has 3 aliphatic rings. The summed E-state index contributed by atoms with van der Waals surface area (Å²) in [4.78, 5) is 47.7. The van der Waals surface area contributed by atoms with Gasteiger partial charge in [-0.25, -0.2) is 18.7 Å². The predicted octanol–water partition coefficient (Wildman–Crippen LogP) is 8.49. The van der Waals surface area contributed by atoms with E-state index in [1.54, 1.807) is 52.2 Å². The summed E-state index contributed by atoms with van der Waals surface area (Å²) in [5.74, 6) is -0.0538. The lowest BCUT2D eigenvalue weighted by Crippen LogP contribution is -2.41. The van der Waals surface area contributed by atoms with Crippen molar-refractivity contribution in [2.75, 3.05) is 37.4 Å². The van der Waals surface area contributed by atoms with Crippen molar-refractivity contribution in [3.8, 4) is 17.2 Å². The topological polar surface area (TPSA) is 167 Å². The number of aromatic nitrogens is 7. The number of nitrogens with zero attached hydrogens (tertiary/aromatic N) is 7. The number of carbonyl (C=O) groups excluding carboxylic acids is 1. The largest absolute Gasteiger partial charge is 0.438 e. The van der Waals surface area contributed by atoms with Crippen LogP contribution in [0, 0.1) is 25.6 Å². The van der Waals surface area contributed by atoms with Crippen LogP contribution in [0.5, 0.6) is 0 Å². The summed E-state index contributed by atoms with van der Waals surface area (Å²) in [7, 11) is -2.69. The fourth-order valence-corrected chi connectivity index (χ4v) is 13.0. The second kappa shape index (κ2) is 17.1. The van der Waals surface area contributed by atoms with Crippen molar-refractivity contribution in [2.45, 2.75) is 105 Å². The molecule has 15 nitrogen and oxygen atoms in total. The SMILES string of the molecule is CCP(=O)(CC)c1ccc(-n2ccn(-c3c4c(nn3-c3cc(C)c(F)c(C)c3)CCN(C(=O)c3cc5cc(C6CCOCC6)ccc5n3[C@@]3(c5noc(=O)[nH]5)C[C@@H]3C)[C@H]4C)c2=O)cc1NC(C)C. The molecule has 2 N–H and O–H groups in total. The molecule has 0 unspecified atom stereocenters. The van der Waals surface area contributed by atoms with Crippen molar-refractivity contribution in [1.29, 1.82) is 0 Å². The molecule has 356 valence electrons. The summed E-state index contributed by atoms with van der Waals surface area (Å²) in [6.45, 7) is 17.1. The third-order valence-corrected chi connectivity index (χ3v) is 18.1. The van der Waals surface area contributed by atoms with Crippen molar-refractivity contribution in [3.63, 3.8) is 0 Å². The molecule has 0 bridgehead atoms. The predicted molar refractivity (Wildman–Crippen MR) is 261 cm³/mol. The summed E-state index contributed by atoms with van der Waals surface area (Å²) in [5.41, 5.74) is 5.41. The Morgan fingerprint density at radius 2 is 1.68 bits per heavy atom. The van der Waals surface area contributed by atoms with Crippen LogP contribution < -0.4 is 22.1 Å². The quantitative estimate of drug-likeness (QED) is 0.114. The minimum absolute atomic E-state index is 0.0190. The molecule has 2 aliphatic heterocycles. The van der Waals surface area contributed by atoms with E-state index in [4.69, 9.17) is 14.4 Å². The molecule has 2 fully saturated rings. The zero-order valence-corrected chi connectivity index (χ0v) is 40.8. The number of nitrogens with one attached hydrogen (secondary N) is 2. The van der Waals surface area contributed by atoms with E-state index in [9.17, 15) is 14.2 Å². The van der Waals surface area contributed by atoms with E-state index < -0.39 is 24.5 Å². The van der Waals surface area contributed by atoms with Gasteiger partial charge in [-0.2, -0.15) is 5.10 Å². The number of aryl methyl sites for hydroxylation is 2. The van der Waals surface area contributed by atoms with Crippen molar-refractivity contribution in [3.05, 3.63) is 133 Å². The maximum atomic E-state index is 15.6. The van der Waals surface area contributed by atoms with Crippen LogP contribution in [0.4, 0.5) is 10.1 Å². The van der Waals surface area contributed by atoms with Crippen molar-refractivity contribution >= 4 is 34.9 Å². The molecule has 3 atom stereocenters. The first-order chi connectivity index (χ1) is 32.6. The first-order valence-electron chi connectivity index (χ1n) is 23.9. The van der Waals surface area contributed by atoms with Gasteiger partial charge in [-0.1, -0.05) is 32.0 Å². The fourth-order valence-electron chi connectivity index (χ4n) is 11.0. The maximum Gasteiger partial charge on any atom is 0.438 e. The molecule has 6 heterocycles. The Bertz CT molecular complexity index is 3260. The summed E-state index contributed by atoms with van der Waals surface area (Å²) < 4.78 is 46.9. The number of hydrogen-bond acceptors (Lipinski definition) is 9. The number of imidazole rings is 1. The monoisotopic (exact) mass is 943 g/mol. The number of halogens is 1. The summed E-state index contributed by atoms with van der Waals surface area (Å²) >= 11 is 0. The van der Waals surface area contributed by atoms with Gasteiger partial charge in [0.2, 0.25) is 0 Å². The Balaban J connectivity index is 1.11. The number of H-pyrrole nitrogens is 1. The van der Waals surface area contributed by atoms with Crippen LogP contribution in [0.1, 0.15) is 117 Å². The van der Waals surface area contributed by atoms with Crippen LogP contribution in [0.25, 0.3) is 28.1 Å². The standard InChI is InChI=1S/C51H59FN9O6P/c1-9-68(65,10-2)43-14-12-37(27-40(43)53-29(3)4)58-19-20-59(50(58)64)46-44-33(8)57(18-15-39(44)55-61(46)38-23-30(5)45(52)31(6)24-38)47(62)42-26-36-25-35(34-16-21-66-22-17-34)11-13-41(36)60(42)51(28-32(51)7)48-54-49(63)67-56-48/h11-14,19-20,23-27,29,32-34,53H,9-10,15-18,21-22,28H2,1-8H3,(H,54,56,63)/t32-,33-,51-/m0/s1. The van der Waals surface area contributed by atoms with Crippen LogP contribution in [0.2, 0.25) is 0 Å². The van der Waals surface area contributed by atoms with Crippen molar-refractivity contribution < 1.29 is 23.0 Å². The Morgan fingerprint density at radius 3 is 2.32 bits per heavy atom. The van der Waals surface area contributed by atoms with Gasteiger partial charge in [-0.3, -0.25) is 23.4 Å². The van der Waals surface area contributed by atoms with Crippen molar-refractivity contribution in [1.82, 2.24) is 38.5 Å². The highest BCUT2D eigenvalue weighted by atomic mass is 31.2. The van der Waals surface area contributed by atoms with Crippen LogP contribution >= 0.6 is 7.14 Å². The van der Waals surface area contributed by atoms with E-state index in [2.05, 4.69) is 40.6 Å². The number of fused-ring (bicyclic) bond motifs is 2. The molecule has 1 aliphatic carbocycles. The average Bonchev–Trinajstić information content (AvgIpc) is 3.82. The van der Waals surface area contributed by atoms with E-state index in [1.807, 2.05) is 68.4 Å². The summed E-state index contributed by atoms with van der Waals surface area (Å²) in [5, 5.41) is 14.5. The number of hydrogen-bond donors (Lipinski definition) is 2. The second-order valence-corrected chi connectivity index (χ2v) is 22.8. The molecule has 68 heavy (non-hydrogen) atoms. The molecule has 7 aromatic rings.